The van der Waals surface area contributed by atoms with Crippen LogP contribution in [0.15, 0.2) is 42.5 Å². The van der Waals surface area contributed by atoms with Gasteiger partial charge in [-0.25, -0.2) is 8.42 Å². The second-order valence-electron chi connectivity index (χ2n) is 7.36. The van der Waals surface area contributed by atoms with Crippen LogP contribution in [0.5, 0.6) is 0 Å². The van der Waals surface area contributed by atoms with Gasteiger partial charge in [-0.1, -0.05) is 18.2 Å². The monoisotopic (exact) mass is 447 g/mol. The Labute approximate surface area is 183 Å². The van der Waals surface area contributed by atoms with Gasteiger partial charge in [0, 0.05) is 13.7 Å². The molecule has 0 spiro atoms. The third-order valence-corrected chi connectivity index (χ3v) is 5.81. The number of amides is 2. The maximum absolute atomic E-state index is 13.0. The highest BCUT2D eigenvalue weighted by molar-refractivity contribution is 7.92. The minimum absolute atomic E-state index is 0.274. The zero-order valence-corrected chi connectivity index (χ0v) is 19.2. The molecule has 2 N–H and O–H groups in total. The Balaban J connectivity index is 2.31. The average molecular weight is 448 g/mol. The summed E-state index contributed by atoms with van der Waals surface area (Å²) in [6, 6.07) is 10.9. The normalized spacial score (nSPS) is 12.2. The Bertz CT molecular complexity index is 1030. The lowest BCUT2D eigenvalue weighted by Crippen LogP contribution is -2.45. The summed E-state index contributed by atoms with van der Waals surface area (Å²) in [5.74, 6) is -0.920. The number of para-hydroxylation sites is 1. The van der Waals surface area contributed by atoms with E-state index in [1.807, 2.05) is 19.9 Å². The van der Waals surface area contributed by atoms with Gasteiger partial charge in [0.05, 0.1) is 29.8 Å². The summed E-state index contributed by atoms with van der Waals surface area (Å²) >= 11 is 0. The Morgan fingerprint density at radius 3 is 2.29 bits per heavy atom. The number of carbonyl (C=O) groups excluding carboxylic acids is 2. The number of methoxy groups -OCH3 is 1. The van der Waals surface area contributed by atoms with Gasteiger partial charge in [0.1, 0.15) is 6.04 Å². The third-order valence-electron chi connectivity index (χ3n) is 4.57. The van der Waals surface area contributed by atoms with Gasteiger partial charge in [-0.15, -0.1) is 0 Å². The first-order valence-corrected chi connectivity index (χ1v) is 11.6. The molecule has 2 aromatic rings. The molecule has 0 fully saturated rings. The van der Waals surface area contributed by atoms with Crippen molar-refractivity contribution in [2.75, 3.05) is 36.1 Å². The predicted octanol–water partition coefficient (Wildman–Crippen LogP) is 2.47. The molecule has 0 aliphatic heterocycles. The molecular formula is C22H29N3O5S. The fourth-order valence-corrected chi connectivity index (χ4v) is 4.43. The fourth-order valence-electron chi connectivity index (χ4n) is 3.28. The molecule has 2 aromatic carbocycles. The molecule has 0 unspecified atom stereocenters. The molecule has 0 saturated carbocycles. The third kappa shape index (κ3) is 6.53. The summed E-state index contributed by atoms with van der Waals surface area (Å²) in [6.45, 7) is 5.91. The molecule has 0 bridgehead atoms. The summed E-state index contributed by atoms with van der Waals surface area (Å²) in [4.78, 5) is 25.5. The van der Waals surface area contributed by atoms with Crippen LogP contribution in [0, 0.1) is 13.8 Å². The standard InChI is InChI=1S/C22H29N3O5S/c1-15-12-16(2)14-18(13-15)25(31(5,28)29)17(3)21(26)24-20-9-7-6-8-19(20)22(27)23-10-11-30-4/h6-9,12-14,17H,10-11H2,1-5H3,(H,23,27)(H,24,26)/t17-/m1/s1. The van der Waals surface area contributed by atoms with Gasteiger partial charge in [0.25, 0.3) is 5.91 Å². The number of hydrogen-bond acceptors (Lipinski definition) is 5. The molecule has 2 amide bonds. The SMILES string of the molecule is COCCNC(=O)c1ccccc1NC(=O)[C@@H](C)N(c1cc(C)cc(C)c1)S(C)(=O)=O. The lowest BCUT2D eigenvalue weighted by Gasteiger charge is -2.29. The van der Waals surface area contributed by atoms with E-state index in [0.717, 1.165) is 21.7 Å². The summed E-state index contributed by atoms with van der Waals surface area (Å²) < 4.78 is 31.1. The summed E-state index contributed by atoms with van der Waals surface area (Å²) in [5.41, 5.74) is 2.75. The van der Waals surface area contributed by atoms with Crippen molar-refractivity contribution in [2.45, 2.75) is 26.8 Å². The van der Waals surface area contributed by atoms with Gasteiger partial charge < -0.3 is 15.4 Å². The number of carbonyl (C=O) groups is 2. The lowest BCUT2D eigenvalue weighted by atomic mass is 10.1. The van der Waals surface area contributed by atoms with Crippen LogP contribution in [-0.4, -0.2) is 52.8 Å². The Morgan fingerprint density at radius 2 is 1.71 bits per heavy atom. The van der Waals surface area contributed by atoms with Crippen molar-refractivity contribution in [3.05, 3.63) is 59.2 Å². The van der Waals surface area contributed by atoms with Crippen LogP contribution in [0.4, 0.5) is 11.4 Å². The first-order valence-electron chi connectivity index (χ1n) is 9.79. The zero-order chi connectivity index (χ0) is 23.2. The van der Waals surface area contributed by atoms with Crippen LogP contribution >= 0.6 is 0 Å². The molecular weight excluding hydrogens is 418 g/mol. The maximum atomic E-state index is 13.0. The summed E-state index contributed by atoms with van der Waals surface area (Å²) in [5, 5.41) is 5.40. The van der Waals surface area contributed by atoms with Crippen LogP contribution in [0.25, 0.3) is 0 Å². The van der Waals surface area contributed by atoms with E-state index < -0.39 is 22.0 Å². The largest absolute Gasteiger partial charge is 0.383 e. The number of rotatable bonds is 9. The number of benzene rings is 2. The lowest BCUT2D eigenvalue weighted by molar-refractivity contribution is -0.116. The number of aryl methyl sites for hydroxylation is 2. The number of nitrogens with one attached hydrogen (secondary N) is 2. The second-order valence-corrected chi connectivity index (χ2v) is 9.22. The minimum Gasteiger partial charge on any atom is -0.383 e. The highest BCUT2D eigenvalue weighted by atomic mass is 32.2. The average Bonchev–Trinajstić information content (AvgIpc) is 2.66. The van der Waals surface area contributed by atoms with Crippen molar-refractivity contribution >= 4 is 33.2 Å². The molecule has 2 rings (SSSR count). The highest BCUT2D eigenvalue weighted by Gasteiger charge is 2.30. The molecule has 1 atom stereocenters. The fraction of sp³-hybridized carbons (Fsp3) is 0.364. The molecule has 31 heavy (non-hydrogen) atoms. The number of ether oxygens (including phenoxy) is 1. The smallest absolute Gasteiger partial charge is 0.253 e. The van der Waals surface area contributed by atoms with E-state index in [4.69, 9.17) is 4.74 Å². The van der Waals surface area contributed by atoms with Crippen LogP contribution in [0.2, 0.25) is 0 Å². The van der Waals surface area contributed by atoms with Crippen LogP contribution in [0.3, 0.4) is 0 Å². The molecule has 0 radical (unpaired) electrons. The first kappa shape index (κ1) is 24.4. The maximum Gasteiger partial charge on any atom is 0.253 e. The predicted molar refractivity (Wildman–Crippen MR) is 122 cm³/mol. The Kier molecular flexibility index (Phi) is 8.18. The van der Waals surface area contributed by atoms with E-state index in [-0.39, 0.29) is 11.5 Å². The van der Waals surface area contributed by atoms with Gasteiger partial charge in [-0.2, -0.15) is 0 Å². The molecule has 0 aliphatic rings. The molecule has 0 saturated heterocycles. The van der Waals surface area contributed by atoms with Gasteiger partial charge >= 0.3 is 0 Å². The van der Waals surface area contributed by atoms with Gasteiger partial charge in [-0.05, 0) is 56.2 Å². The summed E-state index contributed by atoms with van der Waals surface area (Å²) in [7, 11) is -2.22. The van der Waals surface area contributed by atoms with Crippen molar-refractivity contribution in [3.63, 3.8) is 0 Å². The van der Waals surface area contributed by atoms with Crippen LogP contribution in [-0.2, 0) is 19.6 Å². The van der Waals surface area contributed by atoms with E-state index in [9.17, 15) is 18.0 Å². The summed E-state index contributed by atoms with van der Waals surface area (Å²) in [6.07, 6.45) is 1.06. The molecule has 0 aliphatic carbocycles. The number of nitrogens with zero attached hydrogens (tertiary/aromatic N) is 1. The molecule has 168 valence electrons. The molecule has 9 heteroatoms. The van der Waals surface area contributed by atoms with Crippen molar-refractivity contribution < 1.29 is 22.7 Å². The molecule has 8 nitrogen and oxygen atoms in total. The van der Waals surface area contributed by atoms with Crippen molar-refractivity contribution in [1.29, 1.82) is 0 Å². The first-order chi connectivity index (χ1) is 14.5. The van der Waals surface area contributed by atoms with E-state index in [1.165, 1.54) is 14.0 Å². The topological polar surface area (TPSA) is 105 Å². The van der Waals surface area contributed by atoms with Crippen molar-refractivity contribution in [2.24, 2.45) is 0 Å². The van der Waals surface area contributed by atoms with E-state index in [1.54, 1.807) is 36.4 Å². The van der Waals surface area contributed by atoms with Crippen molar-refractivity contribution in [3.8, 4) is 0 Å². The second kappa shape index (κ2) is 10.4. The molecule has 0 aromatic heterocycles. The molecule has 0 heterocycles. The number of anilines is 2. The Morgan fingerprint density at radius 1 is 1.10 bits per heavy atom. The van der Waals surface area contributed by atoms with Gasteiger partial charge in [0.15, 0.2) is 0 Å². The Hall–Kier alpha value is -2.91. The van der Waals surface area contributed by atoms with Crippen LogP contribution in [0.1, 0.15) is 28.4 Å². The minimum atomic E-state index is -3.75. The van der Waals surface area contributed by atoms with Gasteiger partial charge in [-0.3, -0.25) is 13.9 Å². The van der Waals surface area contributed by atoms with E-state index in [0.29, 0.717) is 24.5 Å². The number of sulfonamides is 1. The zero-order valence-electron chi connectivity index (χ0n) is 18.4. The highest BCUT2D eigenvalue weighted by Crippen LogP contribution is 2.25. The number of hydrogen-bond donors (Lipinski definition) is 2. The van der Waals surface area contributed by atoms with Gasteiger partial charge in [0.2, 0.25) is 15.9 Å². The van der Waals surface area contributed by atoms with E-state index in [2.05, 4.69) is 10.6 Å². The van der Waals surface area contributed by atoms with E-state index >= 15 is 0 Å². The van der Waals surface area contributed by atoms with Crippen molar-refractivity contribution in [1.82, 2.24) is 5.32 Å². The van der Waals surface area contributed by atoms with Crippen LogP contribution < -0.4 is 14.9 Å². The quantitative estimate of drug-likeness (QED) is 0.575.